The molecular formula is C21H17ClN6O2. The Hall–Kier alpha value is -3.65. The smallest absolute Gasteiger partial charge is 0.170 e. The van der Waals surface area contributed by atoms with E-state index in [0.29, 0.717) is 40.1 Å². The van der Waals surface area contributed by atoms with Crippen molar-refractivity contribution in [2.75, 3.05) is 14.2 Å². The number of para-hydroxylation sites is 1. The van der Waals surface area contributed by atoms with Crippen molar-refractivity contribution in [2.45, 2.75) is 6.42 Å². The molecule has 3 aromatic heterocycles. The lowest BCUT2D eigenvalue weighted by Gasteiger charge is -2.08. The molecule has 9 heteroatoms. The van der Waals surface area contributed by atoms with Crippen LogP contribution in [0.2, 0.25) is 5.02 Å². The Bertz CT molecular complexity index is 1380. The summed E-state index contributed by atoms with van der Waals surface area (Å²) in [5.41, 5.74) is 3.13. The summed E-state index contributed by atoms with van der Waals surface area (Å²) in [6.07, 6.45) is 3.91. The van der Waals surface area contributed by atoms with E-state index in [-0.39, 0.29) is 0 Å². The van der Waals surface area contributed by atoms with Gasteiger partial charge < -0.3 is 9.47 Å². The molecule has 0 N–H and O–H groups in total. The molecule has 5 rings (SSSR count). The maximum atomic E-state index is 6.33. The Morgan fingerprint density at radius 1 is 1.00 bits per heavy atom. The molecule has 0 bridgehead atoms. The van der Waals surface area contributed by atoms with Crippen molar-refractivity contribution in [1.82, 2.24) is 29.4 Å². The Kier molecular flexibility index (Phi) is 4.48. The quantitative estimate of drug-likeness (QED) is 0.431. The number of rotatable bonds is 5. The van der Waals surface area contributed by atoms with Gasteiger partial charge in [-0.2, -0.15) is 5.10 Å². The fraction of sp³-hybridized carbons (Fsp3) is 0.143. The summed E-state index contributed by atoms with van der Waals surface area (Å²) in [5.74, 6) is 2.02. The van der Waals surface area contributed by atoms with Crippen molar-refractivity contribution in [1.29, 1.82) is 0 Å². The highest BCUT2D eigenvalue weighted by Gasteiger charge is 2.15. The number of fused-ring (bicyclic) bond motifs is 3. The molecule has 30 heavy (non-hydrogen) atoms. The molecule has 8 nitrogen and oxygen atoms in total. The number of hydrogen-bond acceptors (Lipinski definition) is 6. The van der Waals surface area contributed by atoms with Crippen molar-refractivity contribution in [3.05, 3.63) is 71.4 Å². The molecule has 3 heterocycles. The van der Waals surface area contributed by atoms with Gasteiger partial charge in [-0.15, -0.1) is 5.10 Å². The van der Waals surface area contributed by atoms with Crippen LogP contribution in [0.15, 0.2) is 55.0 Å². The summed E-state index contributed by atoms with van der Waals surface area (Å²) < 4.78 is 14.1. The van der Waals surface area contributed by atoms with E-state index in [1.807, 2.05) is 42.5 Å². The third-order valence-electron chi connectivity index (χ3n) is 4.84. The Morgan fingerprint density at radius 3 is 2.63 bits per heavy atom. The van der Waals surface area contributed by atoms with E-state index in [1.54, 1.807) is 35.9 Å². The van der Waals surface area contributed by atoms with E-state index >= 15 is 0 Å². The fourth-order valence-electron chi connectivity index (χ4n) is 3.41. The number of hydrogen-bond donors (Lipinski definition) is 0. The lowest BCUT2D eigenvalue weighted by Crippen LogP contribution is -1.99. The molecule has 0 fully saturated rings. The highest BCUT2D eigenvalue weighted by atomic mass is 35.5. The molecule has 2 aromatic carbocycles. The highest BCUT2D eigenvalue weighted by molar-refractivity contribution is 6.32. The topological polar surface area (TPSA) is 79.4 Å². The van der Waals surface area contributed by atoms with Gasteiger partial charge in [0, 0.05) is 6.42 Å². The zero-order chi connectivity index (χ0) is 20.7. The van der Waals surface area contributed by atoms with Gasteiger partial charge in [0.2, 0.25) is 0 Å². The fourth-order valence-corrected chi connectivity index (χ4v) is 3.63. The first-order chi connectivity index (χ1) is 14.7. The summed E-state index contributed by atoms with van der Waals surface area (Å²) in [6, 6.07) is 13.3. The van der Waals surface area contributed by atoms with Crippen molar-refractivity contribution in [3.63, 3.8) is 0 Å². The van der Waals surface area contributed by atoms with Crippen LogP contribution in [-0.4, -0.2) is 43.6 Å². The summed E-state index contributed by atoms with van der Waals surface area (Å²) in [5, 5.41) is 10.4. The van der Waals surface area contributed by atoms with Crippen LogP contribution < -0.4 is 9.47 Å². The minimum atomic E-state index is 0.544. The van der Waals surface area contributed by atoms with Crippen LogP contribution in [0.4, 0.5) is 0 Å². The largest absolute Gasteiger partial charge is 0.493 e. The second kappa shape index (κ2) is 7.31. The molecule has 0 aliphatic rings. The van der Waals surface area contributed by atoms with Gasteiger partial charge in [0.1, 0.15) is 6.33 Å². The second-order valence-electron chi connectivity index (χ2n) is 6.65. The average molecular weight is 421 g/mol. The van der Waals surface area contributed by atoms with Crippen molar-refractivity contribution in [3.8, 4) is 17.2 Å². The van der Waals surface area contributed by atoms with E-state index in [9.17, 15) is 0 Å². The second-order valence-corrected chi connectivity index (χ2v) is 7.06. The standard InChI is InChI=1S/C21H17ClN6O2/c1-29-17-8-7-13(9-18(17)30-2)10-19-25-21-14-11-24-28(16-6-4-3-5-15(16)22)20(14)23-12-27(21)26-19/h3-9,11-12H,10H2,1-2H3. The summed E-state index contributed by atoms with van der Waals surface area (Å²) >= 11 is 6.33. The maximum Gasteiger partial charge on any atom is 0.170 e. The predicted octanol–water partition coefficient (Wildman–Crippen LogP) is 3.72. The highest BCUT2D eigenvalue weighted by Crippen LogP contribution is 2.29. The molecular weight excluding hydrogens is 404 g/mol. The predicted molar refractivity (Wildman–Crippen MR) is 113 cm³/mol. The molecule has 0 atom stereocenters. The van der Waals surface area contributed by atoms with Gasteiger partial charge in [-0.25, -0.2) is 19.2 Å². The van der Waals surface area contributed by atoms with Crippen LogP contribution in [0.1, 0.15) is 11.4 Å². The molecule has 0 spiro atoms. The Labute approximate surface area is 176 Å². The molecule has 0 amide bonds. The van der Waals surface area contributed by atoms with Gasteiger partial charge in [-0.05, 0) is 29.8 Å². The first kappa shape index (κ1) is 18.4. The summed E-state index contributed by atoms with van der Waals surface area (Å²) in [6.45, 7) is 0. The number of benzene rings is 2. The zero-order valence-electron chi connectivity index (χ0n) is 16.3. The molecule has 5 aromatic rings. The number of aromatic nitrogens is 6. The minimum Gasteiger partial charge on any atom is -0.493 e. The number of ether oxygens (including phenoxy) is 2. The SMILES string of the molecule is COc1ccc(Cc2nc3c4cnn(-c5ccccc5Cl)c4ncn3n2)cc1OC. The minimum absolute atomic E-state index is 0.544. The van der Waals surface area contributed by atoms with E-state index in [4.69, 9.17) is 26.1 Å². The van der Waals surface area contributed by atoms with Crippen LogP contribution in [0.5, 0.6) is 11.5 Å². The Balaban J connectivity index is 1.55. The molecule has 0 aliphatic carbocycles. The average Bonchev–Trinajstić information content (AvgIpc) is 3.37. The normalized spacial score (nSPS) is 11.3. The molecule has 0 saturated heterocycles. The van der Waals surface area contributed by atoms with Crippen molar-refractivity contribution in [2.24, 2.45) is 0 Å². The van der Waals surface area contributed by atoms with E-state index in [1.165, 1.54) is 0 Å². The number of methoxy groups -OCH3 is 2. The van der Waals surface area contributed by atoms with Crippen LogP contribution >= 0.6 is 11.6 Å². The number of nitrogens with zero attached hydrogens (tertiary/aromatic N) is 6. The lowest BCUT2D eigenvalue weighted by molar-refractivity contribution is 0.354. The van der Waals surface area contributed by atoms with Crippen LogP contribution in [0.3, 0.4) is 0 Å². The van der Waals surface area contributed by atoms with E-state index < -0.39 is 0 Å². The van der Waals surface area contributed by atoms with Gasteiger partial charge in [-0.1, -0.05) is 29.8 Å². The number of halogens is 1. The van der Waals surface area contributed by atoms with Gasteiger partial charge in [0.25, 0.3) is 0 Å². The molecule has 0 radical (unpaired) electrons. The maximum absolute atomic E-state index is 6.33. The van der Waals surface area contributed by atoms with Crippen LogP contribution in [0, 0.1) is 0 Å². The monoisotopic (exact) mass is 420 g/mol. The van der Waals surface area contributed by atoms with Crippen molar-refractivity contribution >= 4 is 28.3 Å². The molecule has 0 unspecified atom stereocenters. The first-order valence-corrected chi connectivity index (χ1v) is 9.59. The lowest BCUT2D eigenvalue weighted by atomic mass is 10.1. The molecule has 150 valence electrons. The van der Waals surface area contributed by atoms with Crippen LogP contribution in [0.25, 0.3) is 22.4 Å². The Morgan fingerprint density at radius 2 is 1.83 bits per heavy atom. The zero-order valence-corrected chi connectivity index (χ0v) is 17.0. The van der Waals surface area contributed by atoms with Gasteiger partial charge in [0.05, 0.1) is 36.5 Å². The van der Waals surface area contributed by atoms with E-state index in [2.05, 4.69) is 15.2 Å². The first-order valence-electron chi connectivity index (χ1n) is 9.21. The van der Waals surface area contributed by atoms with Crippen molar-refractivity contribution < 1.29 is 9.47 Å². The third kappa shape index (κ3) is 3.02. The van der Waals surface area contributed by atoms with E-state index in [0.717, 1.165) is 16.6 Å². The van der Waals surface area contributed by atoms with Crippen LogP contribution in [-0.2, 0) is 6.42 Å². The van der Waals surface area contributed by atoms with Gasteiger partial charge in [-0.3, -0.25) is 0 Å². The summed E-state index contributed by atoms with van der Waals surface area (Å²) in [4.78, 5) is 9.24. The van der Waals surface area contributed by atoms with Gasteiger partial charge >= 0.3 is 0 Å². The van der Waals surface area contributed by atoms with Gasteiger partial charge in [0.15, 0.2) is 28.6 Å². The molecule has 0 saturated carbocycles. The molecule has 0 aliphatic heterocycles. The summed E-state index contributed by atoms with van der Waals surface area (Å²) in [7, 11) is 3.23. The third-order valence-corrected chi connectivity index (χ3v) is 5.16.